The number of rotatable bonds is 5. The largest absolute Gasteiger partial charge is 0.309 e. The lowest BCUT2D eigenvalue weighted by Crippen LogP contribution is -2.28. The van der Waals surface area contributed by atoms with E-state index in [1.54, 1.807) is 6.07 Å². The highest BCUT2D eigenvalue weighted by Gasteiger charge is 2.41. The van der Waals surface area contributed by atoms with Crippen molar-refractivity contribution in [2.45, 2.75) is 30.6 Å². The average Bonchev–Trinajstić information content (AvgIpc) is 3.07. The molecule has 1 nitrogen and oxygen atoms in total. The van der Waals surface area contributed by atoms with Gasteiger partial charge in [-0.2, -0.15) is 11.8 Å². The predicted molar refractivity (Wildman–Crippen MR) is 78.4 cm³/mol. The van der Waals surface area contributed by atoms with Crippen molar-refractivity contribution in [2.75, 3.05) is 12.8 Å². The van der Waals surface area contributed by atoms with Crippen molar-refractivity contribution >= 4 is 35.0 Å². The van der Waals surface area contributed by atoms with Gasteiger partial charge in [-0.25, -0.2) is 0 Å². The maximum absolute atomic E-state index is 6.19. The SMILES string of the molecule is CSC1(CNC(C)c2ccc(Cl)cc2Cl)CC1. The van der Waals surface area contributed by atoms with Crippen molar-refractivity contribution in [2.24, 2.45) is 0 Å². The Bertz CT molecular complexity index is 404. The lowest BCUT2D eigenvalue weighted by Gasteiger charge is -2.19. The number of nitrogens with one attached hydrogen (secondary N) is 1. The van der Waals surface area contributed by atoms with Crippen LogP contribution in [0.25, 0.3) is 0 Å². The summed E-state index contributed by atoms with van der Waals surface area (Å²) in [6.07, 6.45) is 4.83. The summed E-state index contributed by atoms with van der Waals surface area (Å²) in [4.78, 5) is 0. The van der Waals surface area contributed by atoms with Gasteiger partial charge in [-0.15, -0.1) is 0 Å². The van der Waals surface area contributed by atoms with Crippen molar-refractivity contribution in [3.8, 4) is 0 Å². The van der Waals surface area contributed by atoms with Crippen molar-refractivity contribution in [3.05, 3.63) is 33.8 Å². The maximum atomic E-state index is 6.19. The Morgan fingerprint density at radius 3 is 2.65 bits per heavy atom. The number of halogens is 2. The predicted octanol–water partition coefficient (Wildman–Crippen LogP) is 4.54. The Labute approximate surface area is 117 Å². The van der Waals surface area contributed by atoms with Crippen LogP contribution in [0.15, 0.2) is 18.2 Å². The molecule has 0 aliphatic heterocycles. The Morgan fingerprint density at radius 2 is 2.12 bits per heavy atom. The Hall–Kier alpha value is 0.110. The number of thioether (sulfide) groups is 1. The number of benzene rings is 1. The van der Waals surface area contributed by atoms with E-state index in [4.69, 9.17) is 23.2 Å². The first-order valence-electron chi connectivity index (χ1n) is 5.80. The third-order valence-electron chi connectivity index (χ3n) is 3.40. The molecule has 0 bridgehead atoms. The van der Waals surface area contributed by atoms with E-state index in [2.05, 4.69) is 18.5 Å². The van der Waals surface area contributed by atoms with E-state index in [1.165, 1.54) is 12.8 Å². The summed E-state index contributed by atoms with van der Waals surface area (Å²) in [5.74, 6) is 0. The van der Waals surface area contributed by atoms with Crippen molar-refractivity contribution in [1.82, 2.24) is 5.32 Å². The van der Waals surface area contributed by atoms with Gasteiger partial charge in [0.15, 0.2) is 0 Å². The first-order valence-corrected chi connectivity index (χ1v) is 7.78. The van der Waals surface area contributed by atoms with Crippen LogP contribution in [0.4, 0.5) is 0 Å². The van der Waals surface area contributed by atoms with E-state index >= 15 is 0 Å². The summed E-state index contributed by atoms with van der Waals surface area (Å²) in [5.41, 5.74) is 1.12. The van der Waals surface area contributed by atoms with E-state index in [9.17, 15) is 0 Å². The molecule has 1 aromatic rings. The van der Waals surface area contributed by atoms with Crippen molar-refractivity contribution in [1.29, 1.82) is 0 Å². The minimum absolute atomic E-state index is 0.268. The van der Waals surface area contributed by atoms with Gasteiger partial charge >= 0.3 is 0 Å². The molecule has 1 atom stereocenters. The molecular formula is C13H17Cl2NS. The summed E-state index contributed by atoms with van der Waals surface area (Å²) in [5, 5.41) is 5.00. The lowest BCUT2D eigenvalue weighted by molar-refractivity contribution is 0.563. The highest BCUT2D eigenvalue weighted by atomic mass is 35.5. The van der Waals surface area contributed by atoms with E-state index in [1.807, 2.05) is 23.9 Å². The van der Waals surface area contributed by atoms with E-state index < -0.39 is 0 Å². The topological polar surface area (TPSA) is 12.0 Å². The van der Waals surface area contributed by atoms with E-state index in [-0.39, 0.29) is 6.04 Å². The van der Waals surface area contributed by atoms with E-state index in [0.29, 0.717) is 9.77 Å². The Balaban J connectivity index is 1.97. The van der Waals surface area contributed by atoms with Crippen molar-refractivity contribution in [3.63, 3.8) is 0 Å². The van der Waals surface area contributed by atoms with Crippen LogP contribution in [0.5, 0.6) is 0 Å². The molecule has 1 fully saturated rings. The molecule has 1 saturated carbocycles. The van der Waals surface area contributed by atoms with Crippen LogP contribution in [0, 0.1) is 0 Å². The van der Waals surface area contributed by atoms with Crippen LogP contribution in [-0.4, -0.2) is 17.5 Å². The molecule has 1 aromatic carbocycles. The second-order valence-electron chi connectivity index (χ2n) is 4.66. The van der Waals surface area contributed by atoms with Crippen molar-refractivity contribution < 1.29 is 0 Å². The van der Waals surface area contributed by atoms with Gasteiger partial charge in [-0.1, -0.05) is 29.3 Å². The zero-order valence-electron chi connectivity index (χ0n) is 10.1. The minimum atomic E-state index is 0.268. The average molecular weight is 290 g/mol. The normalized spacial score (nSPS) is 19.1. The van der Waals surface area contributed by atoms with Gasteiger partial charge in [0.1, 0.15) is 0 Å². The second kappa shape index (κ2) is 5.40. The molecule has 0 amide bonds. The first kappa shape index (κ1) is 13.5. The van der Waals surface area contributed by atoms with Gasteiger partial charge in [0.25, 0.3) is 0 Å². The van der Waals surface area contributed by atoms with Crippen LogP contribution in [0.2, 0.25) is 10.0 Å². The highest BCUT2D eigenvalue weighted by molar-refractivity contribution is 8.00. The molecule has 1 aliphatic rings. The summed E-state index contributed by atoms with van der Waals surface area (Å²) < 4.78 is 0.479. The number of hydrogen-bond acceptors (Lipinski definition) is 2. The summed E-state index contributed by atoms with van der Waals surface area (Å²) >= 11 is 14.1. The fourth-order valence-corrected chi connectivity index (χ4v) is 3.20. The van der Waals surface area contributed by atoms with Crippen LogP contribution in [0.1, 0.15) is 31.4 Å². The molecule has 94 valence electrons. The molecule has 0 aromatic heterocycles. The molecule has 0 saturated heterocycles. The van der Waals surface area contributed by atoms with Gasteiger partial charge in [-0.05, 0) is 43.7 Å². The third kappa shape index (κ3) is 3.31. The van der Waals surface area contributed by atoms with Gasteiger partial charge in [0.2, 0.25) is 0 Å². The molecule has 1 aliphatic carbocycles. The Morgan fingerprint density at radius 1 is 1.41 bits per heavy atom. The fourth-order valence-electron chi connectivity index (χ4n) is 1.89. The monoisotopic (exact) mass is 289 g/mol. The summed E-state index contributed by atoms with van der Waals surface area (Å²) in [7, 11) is 0. The molecule has 0 radical (unpaired) electrons. The third-order valence-corrected chi connectivity index (χ3v) is 5.38. The van der Waals surface area contributed by atoms with E-state index in [0.717, 1.165) is 17.1 Å². The standard InChI is InChI=1S/C13H17Cl2NS/c1-9(16-8-13(17-2)5-6-13)11-4-3-10(14)7-12(11)15/h3-4,7,9,16H,5-6,8H2,1-2H3. The zero-order valence-corrected chi connectivity index (χ0v) is 12.4. The quantitative estimate of drug-likeness (QED) is 0.854. The van der Waals surface area contributed by atoms with Gasteiger partial charge in [0.05, 0.1) is 0 Å². The first-order chi connectivity index (χ1) is 8.06. The second-order valence-corrected chi connectivity index (χ2v) is 6.77. The van der Waals surface area contributed by atoms with Crippen LogP contribution < -0.4 is 5.32 Å². The summed E-state index contributed by atoms with van der Waals surface area (Å²) in [6, 6.07) is 5.96. The Kier molecular flexibility index (Phi) is 4.30. The molecule has 0 spiro atoms. The zero-order chi connectivity index (χ0) is 12.5. The lowest BCUT2D eigenvalue weighted by atomic mass is 10.1. The van der Waals surface area contributed by atoms with Crippen LogP contribution >= 0.6 is 35.0 Å². The fraction of sp³-hybridized carbons (Fsp3) is 0.538. The summed E-state index contributed by atoms with van der Waals surface area (Å²) in [6.45, 7) is 3.19. The van der Waals surface area contributed by atoms with Gasteiger partial charge in [0, 0.05) is 27.4 Å². The molecular weight excluding hydrogens is 273 g/mol. The molecule has 17 heavy (non-hydrogen) atoms. The smallest absolute Gasteiger partial charge is 0.0468 e. The molecule has 2 rings (SSSR count). The van der Waals surface area contributed by atoms with Crippen LogP contribution in [0.3, 0.4) is 0 Å². The van der Waals surface area contributed by atoms with Gasteiger partial charge < -0.3 is 5.32 Å². The number of hydrogen-bond donors (Lipinski definition) is 1. The van der Waals surface area contributed by atoms with Gasteiger partial charge in [-0.3, -0.25) is 0 Å². The molecule has 0 heterocycles. The highest BCUT2D eigenvalue weighted by Crippen LogP contribution is 2.46. The maximum Gasteiger partial charge on any atom is 0.0468 e. The molecule has 1 N–H and O–H groups in total. The molecule has 1 unspecified atom stereocenters. The molecule has 4 heteroatoms. The minimum Gasteiger partial charge on any atom is -0.309 e. The van der Waals surface area contributed by atoms with Crippen LogP contribution in [-0.2, 0) is 0 Å².